The predicted octanol–water partition coefficient (Wildman–Crippen LogP) is 1.16. The van der Waals surface area contributed by atoms with Gasteiger partial charge in [0, 0.05) is 0 Å². The average Bonchev–Trinajstić information content (AvgIpc) is 2.16. The first-order valence-electron chi connectivity index (χ1n) is 4.74. The van der Waals surface area contributed by atoms with Gasteiger partial charge in [0.2, 0.25) is 0 Å². The summed E-state index contributed by atoms with van der Waals surface area (Å²) in [7, 11) is 2.42. The van der Waals surface area contributed by atoms with Gasteiger partial charge in [0.25, 0.3) is 0 Å². The van der Waals surface area contributed by atoms with E-state index in [0.29, 0.717) is 6.05 Å². The van der Waals surface area contributed by atoms with Gasteiger partial charge in [0.1, 0.15) is 0 Å². The smallest absolute Gasteiger partial charge is 0.320 e. The lowest BCUT2D eigenvalue weighted by atomic mass is 9.94. The summed E-state index contributed by atoms with van der Waals surface area (Å²) < 4.78 is 16.3. The maximum absolute atomic E-state index is 11.3. The molecule has 0 radical (unpaired) electrons. The van der Waals surface area contributed by atoms with Gasteiger partial charge in [-0.25, -0.2) is 0 Å². The van der Waals surface area contributed by atoms with Crippen molar-refractivity contribution in [3.05, 3.63) is 12.1 Å². The number of carbonyl (C=O) groups is 2. The number of allylic oxidation sites excluding steroid dienone is 2. The molecule has 0 aromatic rings. The standard InChI is InChI=1S/C10H16O4/c1-5-6-7(2)8(9(11)13-3)10(12)14-4/h5-8H,1-4H3/b6-5+/i5D. The number of methoxy groups -OCH3 is 2. The van der Waals surface area contributed by atoms with Crippen molar-refractivity contribution in [2.45, 2.75) is 13.8 Å². The van der Waals surface area contributed by atoms with E-state index in [0.717, 1.165) is 0 Å². The van der Waals surface area contributed by atoms with Gasteiger partial charge in [-0.2, -0.15) is 0 Å². The molecule has 0 saturated heterocycles. The highest BCUT2D eigenvalue weighted by atomic mass is 16.5. The normalized spacial score (nSPS) is 14.6. The van der Waals surface area contributed by atoms with E-state index in [4.69, 9.17) is 1.37 Å². The number of ether oxygens (including phenoxy) is 2. The van der Waals surface area contributed by atoms with Crippen molar-refractivity contribution in [3.63, 3.8) is 0 Å². The molecule has 0 saturated carbocycles. The van der Waals surface area contributed by atoms with E-state index < -0.39 is 23.8 Å². The first-order chi connectivity index (χ1) is 6.93. The fourth-order valence-corrected chi connectivity index (χ4v) is 1.14. The molecule has 14 heavy (non-hydrogen) atoms. The predicted molar refractivity (Wildman–Crippen MR) is 51.5 cm³/mol. The zero-order valence-corrected chi connectivity index (χ0v) is 8.87. The molecule has 0 amide bonds. The molecule has 0 rings (SSSR count). The van der Waals surface area contributed by atoms with Crippen molar-refractivity contribution in [2.75, 3.05) is 14.2 Å². The Morgan fingerprint density at radius 3 is 2.00 bits per heavy atom. The molecule has 0 aromatic heterocycles. The molecule has 0 N–H and O–H groups in total. The third kappa shape index (κ3) is 3.20. The van der Waals surface area contributed by atoms with E-state index in [1.165, 1.54) is 20.3 Å². The van der Waals surface area contributed by atoms with Crippen molar-refractivity contribution >= 4 is 11.9 Å². The topological polar surface area (TPSA) is 52.6 Å². The van der Waals surface area contributed by atoms with Gasteiger partial charge in [-0.15, -0.1) is 0 Å². The minimum Gasteiger partial charge on any atom is -0.468 e. The molecule has 4 heteroatoms. The van der Waals surface area contributed by atoms with Crippen LogP contribution in [0.25, 0.3) is 0 Å². The highest BCUT2D eigenvalue weighted by Crippen LogP contribution is 2.16. The maximum Gasteiger partial charge on any atom is 0.320 e. The Labute approximate surface area is 85.3 Å². The molecule has 0 aliphatic rings. The lowest BCUT2D eigenvalue weighted by Gasteiger charge is -2.16. The summed E-state index contributed by atoms with van der Waals surface area (Å²) in [5.74, 6) is -2.71. The number of hydrogen-bond acceptors (Lipinski definition) is 4. The van der Waals surface area contributed by atoms with Crippen LogP contribution in [0.3, 0.4) is 0 Å². The number of hydrogen-bond donors (Lipinski definition) is 0. The van der Waals surface area contributed by atoms with Crippen LogP contribution >= 0.6 is 0 Å². The van der Waals surface area contributed by atoms with E-state index >= 15 is 0 Å². The van der Waals surface area contributed by atoms with Crippen molar-refractivity contribution in [3.8, 4) is 0 Å². The third-order valence-corrected chi connectivity index (χ3v) is 1.87. The average molecular weight is 201 g/mol. The molecule has 0 spiro atoms. The van der Waals surface area contributed by atoms with Crippen molar-refractivity contribution < 1.29 is 20.4 Å². The molecular weight excluding hydrogens is 184 g/mol. The van der Waals surface area contributed by atoms with Gasteiger partial charge in [-0.3, -0.25) is 9.59 Å². The van der Waals surface area contributed by atoms with Crippen LogP contribution in [0.4, 0.5) is 0 Å². The van der Waals surface area contributed by atoms with E-state index in [-0.39, 0.29) is 0 Å². The van der Waals surface area contributed by atoms with Gasteiger partial charge in [-0.05, 0) is 12.8 Å². The van der Waals surface area contributed by atoms with Crippen LogP contribution in [0.2, 0.25) is 0 Å². The second kappa shape index (κ2) is 6.18. The molecule has 0 heterocycles. The van der Waals surface area contributed by atoms with Gasteiger partial charge in [-0.1, -0.05) is 19.1 Å². The fourth-order valence-electron chi connectivity index (χ4n) is 1.14. The van der Waals surface area contributed by atoms with Gasteiger partial charge >= 0.3 is 11.9 Å². The second-order valence-corrected chi connectivity index (χ2v) is 2.84. The Hall–Kier alpha value is -1.32. The Kier molecular flexibility index (Phi) is 4.75. The summed E-state index contributed by atoms with van der Waals surface area (Å²) >= 11 is 0. The molecule has 1 atom stereocenters. The first-order valence-corrected chi connectivity index (χ1v) is 4.24. The zero-order valence-electron chi connectivity index (χ0n) is 9.87. The summed E-state index contributed by atoms with van der Waals surface area (Å²) in [6.45, 7) is 3.23. The molecule has 1 unspecified atom stereocenters. The lowest BCUT2D eigenvalue weighted by molar-refractivity contribution is -0.160. The molecule has 0 aromatic carbocycles. The largest absolute Gasteiger partial charge is 0.468 e. The van der Waals surface area contributed by atoms with Crippen molar-refractivity contribution in [1.29, 1.82) is 0 Å². The Morgan fingerprint density at radius 2 is 1.71 bits per heavy atom. The lowest BCUT2D eigenvalue weighted by Crippen LogP contribution is -2.31. The van der Waals surface area contributed by atoms with Crippen LogP contribution in [-0.2, 0) is 19.1 Å². The molecular formula is C10H16O4. The Morgan fingerprint density at radius 1 is 1.29 bits per heavy atom. The number of rotatable bonds is 4. The van der Waals surface area contributed by atoms with Crippen molar-refractivity contribution in [2.24, 2.45) is 11.8 Å². The quantitative estimate of drug-likeness (QED) is 0.389. The summed E-state index contributed by atoms with van der Waals surface area (Å²) in [4.78, 5) is 22.6. The molecule has 0 aliphatic carbocycles. The summed E-state index contributed by atoms with van der Waals surface area (Å²) in [5, 5.41) is 0. The van der Waals surface area contributed by atoms with Gasteiger partial charge in [0.05, 0.1) is 15.6 Å². The van der Waals surface area contributed by atoms with E-state index in [9.17, 15) is 9.59 Å². The molecule has 4 nitrogen and oxygen atoms in total. The highest BCUT2D eigenvalue weighted by Gasteiger charge is 2.32. The molecule has 0 aliphatic heterocycles. The van der Waals surface area contributed by atoms with E-state index in [2.05, 4.69) is 9.47 Å². The highest BCUT2D eigenvalue weighted by molar-refractivity contribution is 5.95. The van der Waals surface area contributed by atoms with Crippen LogP contribution in [-0.4, -0.2) is 26.2 Å². The van der Waals surface area contributed by atoms with Crippen molar-refractivity contribution in [1.82, 2.24) is 0 Å². The minimum absolute atomic E-state index is 0.292. The molecule has 80 valence electrons. The molecule has 0 fully saturated rings. The molecule has 0 bridgehead atoms. The Bertz CT molecular complexity index is 253. The Balaban J connectivity index is 4.86. The van der Waals surface area contributed by atoms with Gasteiger partial charge < -0.3 is 9.47 Å². The van der Waals surface area contributed by atoms with Crippen LogP contribution < -0.4 is 0 Å². The summed E-state index contributed by atoms with van der Waals surface area (Å²) in [6.07, 6.45) is 1.51. The van der Waals surface area contributed by atoms with Crippen LogP contribution in [0.5, 0.6) is 0 Å². The van der Waals surface area contributed by atoms with Crippen LogP contribution in [0.1, 0.15) is 15.2 Å². The van der Waals surface area contributed by atoms with Crippen LogP contribution in [0.15, 0.2) is 12.1 Å². The van der Waals surface area contributed by atoms with E-state index in [1.54, 1.807) is 13.8 Å². The summed E-state index contributed by atoms with van der Waals surface area (Å²) in [6, 6.07) is 0.292. The minimum atomic E-state index is -1.000. The number of esters is 2. The SMILES string of the molecule is [2H]/C(C)=C\C(C)C(C(=O)OC)C(=O)OC. The second-order valence-electron chi connectivity index (χ2n) is 2.84. The van der Waals surface area contributed by atoms with Gasteiger partial charge in [0.15, 0.2) is 5.92 Å². The number of carbonyl (C=O) groups excluding carboxylic acids is 2. The monoisotopic (exact) mass is 201 g/mol. The maximum atomic E-state index is 11.3. The summed E-state index contributed by atoms with van der Waals surface area (Å²) in [5.41, 5.74) is 0. The van der Waals surface area contributed by atoms with E-state index in [1.807, 2.05) is 0 Å². The third-order valence-electron chi connectivity index (χ3n) is 1.87. The zero-order chi connectivity index (χ0) is 12.0. The fraction of sp³-hybridized carbons (Fsp3) is 0.600. The first kappa shape index (κ1) is 10.8. The van der Waals surface area contributed by atoms with Crippen LogP contribution in [0, 0.1) is 11.8 Å².